The van der Waals surface area contributed by atoms with Crippen LogP contribution in [0.3, 0.4) is 0 Å². The van der Waals surface area contributed by atoms with E-state index in [1.807, 2.05) is 24.3 Å². The van der Waals surface area contributed by atoms with E-state index in [9.17, 15) is 14.4 Å². The van der Waals surface area contributed by atoms with Crippen molar-refractivity contribution >= 4 is 23.9 Å². The van der Waals surface area contributed by atoms with Crippen molar-refractivity contribution in [3.05, 3.63) is 83.9 Å². The monoisotopic (exact) mass is 781 g/mol. The van der Waals surface area contributed by atoms with Crippen LogP contribution in [0.4, 0.5) is 4.79 Å². The minimum absolute atomic E-state index is 0.0450. The molecule has 8 nitrogen and oxygen atoms in total. The molecule has 1 aliphatic heterocycles. The molecule has 310 valence electrons. The molecule has 3 aromatic rings. The van der Waals surface area contributed by atoms with Crippen molar-refractivity contribution in [1.29, 1.82) is 0 Å². The number of imide groups is 2. The van der Waals surface area contributed by atoms with E-state index < -0.39 is 17.8 Å². The molecule has 0 unspecified atom stereocenters. The average molecular weight is 781 g/mol. The number of nitrogens with zero attached hydrogens (tertiary/aromatic N) is 2. The van der Waals surface area contributed by atoms with Gasteiger partial charge < -0.3 is 14.2 Å². The first kappa shape index (κ1) is 45.1. The zero-order valence-corrected chi connectivity index (χ0v) is 35.1. The van der Waals surface area contributed by atoms with Crippen LogP contribution in [0.2, 0.25) is 0 Å². The number of amides is 4. The van der Waals surface area contributed by atoms with Crippen LogP contribution in [-0.2, 0) is 9.59 Å². The first-order valence-corrected chi connectivity index (χ1v) is 21.9. The highest BCUT2D eigenvalue weighted by Crippen LogP contribution is 2.26. The van der Waals surface area contributed by atoms with Crippen LogP contribution in [0.1, 0.15) is 141 Å². The molecule has 0 saturated carbocycles. The van der Waals surface area contributed by atoms with Gasteiger partial charge in [-0.25, -0.2) is 4.79 Å². The highest BCUT2D eigenvalue weighted by molar-refractivity contribution is 6.30. The molecular weight excluding hydrogens is 713 g/mol. The summed E-state index contributed by atoms with van der Waals surface area (Å²) in [4.78, 5) is 38.6. The van der Waals surface area contributed by atoms with E-state index >= 15 is 0 Å². The second-order valence-corrected chi connectivity index (χ2v) is 15.4. The number of unbranched alkanes of at least 4 members (excludes halogenated alkanes) is 18. The fourth-order valence-corrected chi connectivity index (χ4v) is 7.07. The largest absolute Gasteiger partial charge is 0.494 e. The fourth-order valence-electron chi connectivity index (χ4n) is 7.07. The summed E-state index contributed by atoms with van der Waals surface area (Å²) in [7, 11) is 2.73. The Kier molecular flexibility index (Phi) is 20.9. The lowest BCUT2D eigenvalue weighted by molar-refractivity contribution is -0.134. The van der Waals surface area contributed by atoms with Gasteiger partial charge in [-0.2, -0.15) is 0 Å². The van der Waals surface area contributed by atoms with Crippen molar-refractivity contribution in [1.82, 2.24) is 9.80 Å². The molecule has 1 fully saturated rings. The minimum Gasteiger partial charge on any atom is -0.494 e. The van der Waals surface area contributed by atoms with Gasteiger partial charge in [-0.05, 0) is 91.3 Å². The van der Waals surface area contributed by atoms with Crippen LogP contribution in [-0.4, -0.2) is 61.6 Å². The number of carbonyl (C=O) groups is 3. The van der Waals surface area contributed by atoms with Gasteiger partial charge >= 0.3 is 6.03 Å². The van der Waals surface area contributed by atoms with E-state index in [2.05, 4.69) is 43.3 Å². The van der Waals surface area contributed by atoms with E-state index in [0.717, 1.165) is 71.3 Å². The first-order valence-electron chi connectivity index (χ1n) is 21.9. The normalized spacial score (nSPS) is 13.0. The van der Waals surface area contributed by atoms with E-state index in [-0.39, 0.29) is 5.57 Å². The molecule has 0 aliphatic carbocycles. The Morgan fingerprint density at radius 2 is 0.719 bits per heavy atom. The van der Waals surface area contributed by atoms with Crippen molar-refractivity contribution in [3.8, 4) is 28.4 Å². The molecule has 57 heavy (non-hydrogen) atoms. The van der Waals surface area contributed by atoms with E-state index in [1.165, 1.54) is 122 Å². The Balaban J connectivity index is 0.979. The molecule has 0 spiro atoms. The van der Waals surface area contributed by atoms with E-state index in [4.69, 9.17) is 14.2 Å². The quantitative estimate of drug-likeness (QED) is 0.0396. The van der Waals surface area contributed by atoms with Gasteiger partial charge in [0.05, 0.1) is 19.8 Å². The number of hydrogen-bond donors (Lipinski definition) is 0. The summed E-state index contributed by atoms with van der Waals surface area (Å²) in [6, 6.07) is 23.3. The third-order valence-corrected chi connectivity index (χ3v) is 10.7. The first-order chi connectivity index (χ1) is 27.9. The standard InChI is InChI=1S/C49H68N2O6/c1-4-5-6-7-8-9-10-11-12-13-14-15-16-17-18-21-36-56-44-32-26-41(27-33-44)42-28-34-45(35-29-42)57-38-23-20-19-22-37-55-43-30-24-40(25-31-43)39-46-47(52)50(2)49(54)51(3)48(46)53/h24-35,39H,4-23,36-38H2,1-3H3. The highest BCUT2D eigenvalue weighted by atomic mass is 16.5. The molecule has 3 aromatic carbocycles. The summed E-state index contributed by atoms with van der Waals surface area (Å²) in [6.07, 6.45) is 27.5. The molecule has 1 aliphatic rings. The summed E-state index contributed by atoms with van der Waals surface area (Å²) < 4.78 is 17.9. The Bertz CT molecular complexity index is 1610. The van der Waals surface area contributed by atoms with Crippen LogP contribution in [0.15, 0.2) is 78.4 Å². The van der Waals surface area contributed by atoms with Crippen LogP contribution in [0, 0.1) is 0 Å². The van der Waals surface area contributed by atoms with Crippen molar-refractivity contribution in [2.45, 2.75) is 135 Å². The molecule has 0 atom stereocenters. The lowest BCUT2D eigenvalue weighted by atomic mass is 10.0. The second kappa shape index (κ2) is 26.4. The molecule has 4 amide bonds. The van der Waals surface area contributed by atoms with Crippen LogP contribution in [0.5, 0.6) is 17.2 Å². The Hall–Kier alpha value is -4.59. The molecule has 0 radical (unpaired) electrons. The third-order valence-electron chi connectivity index (χ3n) is 10.7. The average Bonchev–Trinajstić information content (AvgIpc) is 3.24. The minimum atomic E-state index is -0.637. The summed E-state index contributed by atoms with van der Waals surface area (Å²) in [6.45, 7) is 4.35. The number of urea groups is 1. The number of rotatable bonds is 29. The predicted octanol–water partition coefficient (Wildman–Crippen LogP) is 12.4. The van der Waals surface area contributed by atoms with E-state index in [1.54, 1.807) is 12.1 Å². The van der Waals surface area contributed by atoms with Gasteiger partial charge in [0.1, 0.15) is 22.8 Å². The van der Waals surface area contributed by atoms with Crippen LogP contribution < -0.4 is 14.2 Å². The van der Waals surface area contributed by atoms with Gasteiger partial charge in [0.2, 0.25) is 0 Å². The molecule has 0 aromatic heterocycles. The smallest absolute Gasteiger partial charge is 0.333 e. The zero-order valence-electron chi connectivity index (χ0n) is 35.1. The van der Waals surface area contributed by atoms with Gasteiger partial charge in [0, 0.05) is 14.1 Å². The van der Waals surface area contributed by atoms with Gasteiger partial charge in [0.25, 0.3) is 11.8 Å². The molecular formula is C49H68N2O6. The Morgan fingerprint density at radius 3 is 1.05 bits per heavy atom. The summed E-state index contributed by atoms with van der Waals surface area (Å²) >= 11 is 0. The highest BCUT2D eigenvalue weighted by Gasteiger charge is 2.37. The van der Waals surface area contributed by atoms with Crippen molar-refractivity contribution < 1.29 is 28.6 Å². The number of barbiturate groups is 1. The van der Waals surface area contributed by atoms with Crippen molar-refractivity contribution in [2.24, 2.45) is 0 Å². The lowest BCUT2D eigenvalue weighted by Gasteiger charge is -2.28. The molecule has 0 N–H and O–H groups in total. The summed E-state index contributed by atoms with van der Waals surface area (Å²) in [5.74, 6) is 1.32. The van der Waals surface area contributed by atoms with Crippen molar-refractivity contribution in [2.75, 3.05) is 33.9 Å². The number of likely N-dealkylation sites (N-methyl/N-ethyl adjacent to an activating group) is 2. The SMILES string of the molecule is CCCCCCCCCCCCCCCCCCOc1ccc(-c2ccc(OCCCCCCOc3ccc(C=C4C(=O)N(C)C(=O)N(C)C4=O)cc3)cc2)cc1. The lowest BCUT2D eigenvalue weighted by Crippen LogP contribution is -2.52. The molecule has 0 bridgehead atoms. The fraction of sp³-hybridized carbons (Fsp3) is 0.531. The maximum absolute atomic E-state index is 12.4. The van der Waals surface area contributed by atoms with Crippen LogP contribution >= 0.6 is 0 Å². The molecule has 4 rings (SSSR count). The third kappa shape index (κ3) is 16.4. The van der Waals surface area contributed by atoms with Crippen molar-refractivity contribution in [3.63, 3.8) is 0 Å². The number of carbonyl (C=O) groups excluding carboxylic acids is 3. The summed E-state index contributed by atoms with van der Waals surface area (Å²) in [5.41, 5.74) is 2.96. The van der Waals surface area contributed by atoms with Gasteiger partial charge in [0.15, 0.2) is 0 Å². The summed E-state index contributed by atoms with van der Waals surface area (Å²) in [5, 5.41) is 0. The number of hydrogen-bond acceptors (Lipinski definition) is 6. The van der Waals surface area contributed by atoms with Gasteiger partial charge in [-0.3, -0.25) is 19.4 Å². The molecule has 8 heteroatoms. The molecule has 1 heterocycles. The van der Waals surface area contributed by atoms with Crippen LogP contribution in [0.25, 0.3) is 17.2 Å². The molecule has 1 saturated heterocycles. The van der Waals surface area contributed by atoms with Gasteiger partial charge in [-0.15, -0.1) is 0 Å². The topological polar surface area (TPSA) is 85.4 Å². The second-order valence-electron chi connectivity index (χ2n) is 15.4. The Labute approximate surface area is 343 Å². The maximum Gasteiger partial charge on any atom is 0.333 e. The Morgan fingerprint density at radius 1 is 0.421 bits per heavy atom. The number of benzene rings is 3. The maximum atomic E-state index is 12.4. The number of ether oxygens (including phenoxy) is 3. The zero-order chi connectivity index (χ0) is 40.5. The van der Waals surface area contributed by atoms with E-state index in [0.29, 0.717) is 18.8 Å². The van der Waals surface area contributed by atoms with Gasteiger partial charge in [-0.1, -0.05) is 140 Å². The predicted molar refractivity (Wildman–Crippen MR) is 232 cm³/mol.